The zero-order chi connectivity index (χ0) is 14.4. The zero-order valence-electron chi connectivity index (χ0n) is 11.1. The molecule has 20 heavy (non-hydrogen) atoms. The summed E-state index contributed by atoms with van der Waals surface area (Å²) in [5.74, 6) is -0.524. The van der Waals surface area contributed by atoms with Crippen molar-refractivity contribution in [2.24, 2.45) is 0 Å². The van der Waals surface area contributed by atoms with Crippen LogP contribution in [0.2, 0.25) is 0 Å². The van der Waals surface area contributed by atoms with Gasteiger partial charge in [0.25, 0.3) is 0 Å². The molecule has 0 spiro atoms. The molecule has 1 unspecified atom stereocenters. The number of rotatable bonds is 0. The quantitative estimate of drug-likeness (QED) is 0.753. The van der Waals surface area contributed by atoms with E-state index in [0.29, 0.717) is 30.6 Å². The maximum atomic E-state index is 14.2. The van der Waals surface area contributed by atoms with E-state index in [1.165, 1.54) is 11.0 Å². The van der Waals surface area contributed by atoms with Crippen LogP contribution in [0.1, 0.15) is 30.3 Å². The van der Waals surface area contributed by atoms with Crippen molar-refractivity contribution in [2.45, 2.75) is 45.0 Å². The molecule has 0 saturated carbocycles. The molecule has 0 aromatic carbocycles. The Kier molecular flexibility index (Phi) is 3.01. The maximum absolute atomic E-state index is 14.2. The lowest BCUT2D eigenvalue weighted by atomic mass is 9.99. The average Bonchev–Trinajstić information content (AvgIpc) is 2.65. The topological polar surface area (TPSA) is 78.6 Å². The van der Waals surface area contributed by atoms with Crippen molar-refractivity contribution in [1.82, 2.24) is 14.7 Å². The highest BCUT2D eigenvalue weighted by Gasteiger charge is 2.33. The molecule has 7 heteroatoms. The highest BCUT2D eigenvalue weighted by molar-refractivity contribution is 5.68. The van der Waals surface area contributed by atoms with Gasteiger partial charge in [0.2, 0.25) is 0 Å². The van der Waals surface area contributed by atoms with Crippen LogP contribution in [0.5, 0.6) is 0 Å². The van der Waals surface area contributed by atoms with E-state index in [0.717, 1.165) is 5.69 Å². The number of carbonyl (C=O) groups is 1. The van der Waals surface area contributed by atoms with Gasteiger partial charge in [0.15, 0.2) is 0 Å². The third-order valence-electron chi connectivity index (χ3n) is 3.93. The number of amides is 1. The van der Waals surface area contributed by atoms with Crippen molar-refractivity contribution in [2.75, 3.05) is 0 Å². The van der Waals surface area contributed by atoms with E-state index in [2.05, 4.69) is 5.10 Å². The van der Waals surface area contributed by atoms with Crippen LogP contribution in [0.15, 0.2) is 6.08 Å². The number of aryl methyl sites for hydroxylation is 1. The second-order valence-corrected chi connectivity index (χ2v) is 5.33. The van der Waals surface area contributed by atoms with E-state index < -0.39 is 18.0 Å². The Labute approximate surface area is 115 Å². The van der Waals surface area contributed by atoms with Crippen LogP contribution in [0.25, 0.3) is 5.83 Å². The van der Waals surface area contributed by atoms with Gasteiger partial charge >= 0.3 is 6.09 Å². The first-order valence-corrected chi connectivity index (χ1v) is 6.61. The van der Waals surface area contributed by atoms with Crippen LogP contribution >= 0.6 is 0 Å². The minimum absolute atomic E-state index is 0.137. The average molecular weight is 281 g/mol. The van der Waals surface area contributed by atoms with E-state index >= 15 is 0 Å². The van der Waals surface area contributed by atoms with Gasteiger partial charge in [-0.25, -0.2) is 9.18 Å². The molecule has 1 aromatic heterocycles. The molecule has 2 atom stereocenters. The van der Waals surface area contributed by atoms with Crippen LogP contribution in [-0.4, -0.2) is 43.1 Å². The largest absolute Gasteiger partial charge is 0.465 e. The smallest absolute Gasteiger partial charge is 0.407 e. The van der Waals surface area contributed by atoms with Gasteiger partial charge in [-0.3, -0.25) is 4.68 Å². The fourth-order valence-electron chi connectivity index (χ4n) is 2.87. The molecule has 2 aliphatic rings. The maximum Gasteiger partial charge on any atom is 0.407 e. The minimum Gasteiger partial charge on any atom is -0.465 e. The van der Waals surface area contributed by atoms with Crippen LogP contribution in [0.3, 0.4) is 0 Å². The van der Waals surface area contributed by atoms with E-state index in [-0.39, 0.29) is 12.6 Å². The summed E-state index contributed by atoms with van der Waals surface area (Å²) >= 11 is 0. The third kappa shape index (κ3) is 1.98. The normalized spacial score (nSPS) is 25.6. The Balaban J connectivity index is 2.07. The van der Waals surface area contributed by atoms with Crippen molar-refractivity contribution in [1.29, 1.82) is 0 Å². The number of aromatic nitrogens is 2. The number of fused-ring (bicyclic) bond motifs is 3. The predicted molar refractivity (Wildman–Crippen MR) is 68.7 cm³/mol. The molecule has 0 fully saturated rings. The summed E-state index contributed by atoms with van der Waals surface area (Å²) in [7, 11) is 0. The van der Waals surface area contributed by atoms with Crippen LogP contribution < -0.4 is 0 Å². The van der Waals surface area contributed by atoms with Gasteiger partial charge in [-0.05, 0) is 19.4 Å². The lowest BCUT2D eigenvalue weighted by Gasteiger charge is -2.30. The molecule has 6 nitrogen and oxygen atoms in total. The summed E-state index contributed by atoms with van der Waals surface area (Å²) in [5.41, 5.74) is 1.69. The Morgan fingerprint density at radius 1 is 1.55 bits per heavy atom. The fraction of sp³-hybridized carbons (Fsp3) is 0.538. The second-order valence-electron chi connectivity index (χ2n) is 5.33. The van der Waals surface area contributed by atoms with E-state index in [1.807, 2.05) is 6.92 Å². The molecular weight excluding hydrogens is 265 g/mol. The Hall–Kier alpha value is -1.89. The fourth-order valence-corrected chi connectivity index (χ4v) is 2.87. The molecule has 0 saturated heterocycles. The number of halogens is 1. The molecule has 3 rings (SSSR count). The Morgan fingerprint density at radius 3 is 3.00 bits per heavy atom. The van der Waals surface area contributed by atoms with Crippen molar-refractivity contribution in [3.63, 3.8) is 0 Å². The van der Waals surface area contributed by atoms with Crippen LogP contribution in [0, 0.1) is 0 Å². The lowest BCUT2D eigenvalue weighted by molar-refractivity contribution is 0.119. The summed E-state index contributed by atoms with van der Waals surface area (Å²) in [6.45, 7) is 2.38. The van der Waals surface area contributed by atoms with Crippen LogP contribution in [-0.2, 0) is 19.5 Å². The molecule has 0 aliphatic carbocycles. The number of hydrogen-bond donors (Lipinski definition) is 2. The van der Waals surface area contributed by atoms with Gasteiger partial charge < -0.3 is 15.1 Å². The predicted octanol–water partition coefficient (Wildman–Crippen LogP) is 1.38. The van der Waals surface area contributed by atoms with Gasteiger partial charge in [0, 0.05) is 24.6 Å². The molecule has 0 radical (unpaired) electrons. The van der Waals surface area contributed by atoms with E-state index in [4.69, 9.17) is 0 Å². The van der Waals surface area contributed by atoms with Gasteiger partial charge in [0.1, 0.15) is 11.5 Å². The highest BCUT2D eigenvalue weighted by Crippen LogP contribution is 2.32. The zero-order valence-corrected chi connectivity index (χ0v) is 11.1. The van der Waals surface area contributed by atoms with E-state index in [9.17, 15) is 19.4 Å². The highest BCUT2D eigenvalue weighted by atomic mass is 19.1. The van der Waals surface area contributed by atoms with Crippen molar-refractivity contribution in [3.05, 3.63) is 23.0 Å². The molecule has 3 heterocycles. The summed E-state index contributed by atoms with van der Waals surface area (Å²) < 4.78 is 15.8. The number of carboxylic acid groups (broad SMARTS) is 1. The SMILES string of the molecule is C[C@@H]1Cc2nn3c(c2CN1C(=O)O)C(F)=CC(O)CC3. The first kappa shape index (κ1) is 13.1. The second kappa shape index (κ2) is 4.59. The molecule has 2 aliphatic heterocycles. The van der Waals surface area contributed by atoms with Crippen LogP contribution in [0.4, 0.5) is 9.18 Å². The summed E-state index contributed by atoms with van der Waals surface area (Å²) in [4.78, 5) is 12.5. The van der Waals surface area contributed by atoms with Crippen molar-refractivity contribution < 1.29 is 19.4 Å². The van der Waals surface area contributed by atoms with Gasteiger partial charge in [-0.15, -0.1) is 0 Å². The molecule has 0 bridgehead atoms. The van der Waals surface area contributed by atoms with Gasteiger partial charge in [-0.2, -0.15) is 5.10 Å². The summed E-state index contributed by atoms with van der Waals surface area (Å²) in [6, 6.07) is -0.170. The Morgan fingerprint density at radius 2 is 2.30 bits per heavy atom. The third-order valence-corrected chi connectivity index (χ3v) is 3.93. The molecule has 1 aromatic rings. The van der Waals surface area contributed by atoms with Crippen molar-refractivity contribution >= 4 is 11.9 Å². The first-order valence-electron chi connectivity index (χ1n) is 6.61. The summed E-state index contributed by atoms with van der Waals surface area (Å²) in [6.07, 6.45) is 0.215. The number of nitrogens with zero attached hydrogens (tertiary/aromatic N) is 3. The molecule has 108 valence electrons. The molecular formula is C13H16FN3O3. The molecule has 1 amide bonds. The summed E-state index contributed by atoms with van der Waals surface area (Å²) in [5, 5.41) is 23.1. The number of aliphatic hydroxyl groups excluding tert-OH is 1. The monoisotopic (exact) mass is 281 g/mol. The minimum atomic E-state index is -1.01. The van der Waals surface area contributed by atoms with E-state index in [1.54, 1.807) is 4.68 Å². The Bertz CT molecular complexity index is 596. The van der Waals surface area contributed by atoms with Gasteiger partial charge in [-0.1, -0.05) is 0 Å². The lowest BCUT2D eigenvalue weighted by Crippen LogP contribution is -2.41. The number of hydrogen-bond acceptors (Lipinski definition) is 3. The first-order chi connectivity index (χ1) is 9.47. The molecule has 2 N–H and O–H groups in total. The number of aliphatic hydroxyl groups is 1. The van der Waals surface area contributed by atoms with Crippen molar-refractivity contribution in [3.8, 4) is 0 Å². The van der Waals surface area contributed by atoms with Gasteiger partial charge in [0.05, 0.1) is 18.3 Å². The standard InChI is InChI=1S/C13H16FN3O3/c1-7-4-11-9(6-16(7)13(19)20)12-10(14)5-8(18)2-3-17(12)15-11/h5,7-8,18H,2-4,6H2,1H3,(H,19,20)/t7-,8?/m1/s1.